The molecule has 0 radical (unpaired) electrons. The summed E-state index contributed by atoms with van der Waals surface area (Å²) in [5.41, 5.74) is 2.54. The van der Waals surface area contributed by atoms with Crippen molar-refractivity contribution in [1.29, 1.82) is 0 Å². The Morgan fingerprint density at radius 1 is 1.00 bits per heavy atom. The van der Waals surface area contributed by atoms with Gasteiger partial charge in [0.05, 0.1) is 7.11 Å². The highest BCUT2D eigenvalue weighted by Gasteiger charge is 2.42. The maximum absolute atomic E-state index is 6.65. The van der Waals surface area contributed by atoms with Crippen LogP contribution >= 0.6 is 0 Å². The average Bonchev–Trinajstić information content (AvgIpc) is 2.79. The molecule has 3 aromatic carbocycles. The zero-order valence-electron chi connectivity index (χ0n) is 18.0. The summed E-state index contributed by atoms with van der Waals surface area (Å²) in [6.07, 6.45) is 7.17. The Balaban J connectivity index is 1.50. The van der Waals surface area contributed by atoms with Gasteiger partial charge in [0.25, 0.3) is 0 Å². The molecule has 2 aliphatic rings. The lowest BCUT2D eigenvalue weighted by molar-refractivity contribution is -0.00397. The van der Waals surface area contributed by atoms with Gasteiger partial charge < -0.3 is 14.8 Å². The van der Waals surface area contributed by atoms with Crippen molar-refractivity contribution in [2.24, 2.45) is 0 Å². The fraction of sp³-hybridized carbons (Fsp3) is 0.407. The van der Waals surface area contributed by atoms with E-state index < -0.39 is 0 Å². The minimum atomic E-state index is -0.0318. The van der Waals surface area contributed by atoms with Crippen LogP contribution in [-0.2, 0) is 0 Å². The minimum absolute atomic E-state index is 0.0318. The number of nitrogens with one attached hydrogen (secondary N) is 1. The van der Waals surface area contributed by atoms with Gasteiger partial charge in [0.15, 0.2) is 0 Å². The van der Waals surface area contributed by atoms with E-state index in [2.05, 4.69) is 66.8 Å². The van der Waals surface area contributed by atoms with E-state index in [1.807, 2.05) is 6.07 Å². The first-order chi connectivity index (χ1) is 14.7. The van der Waals surface area contributed by atoms with Crippen LogP contribution in [0.5, 0.6) is 11.5 Å². The third-order valence-electron chi connectivity index (χ3n) is 7.00. The second-order valence-electron chi connectivity index (χ2n) is 8.96. The molecule has 3 aromatic rings. The van der Waals surface area contributed by atoms with Gasteiger partial charge >= 0.3 is 0 Å². The summed E-state index contributed by atoms with van der Waals surface area (Å²) >= 11 is 0. The molecule has 1 fully saturated rings. The molecular formula is C27H31NO2. The smallest absolute Gasteiger partial charge is 0.125 e. The van der Waals surface area contributed by atoms with Crippen LogP contribution in [0.2, 0.25) is 0 Å². The van der Waals surface area contributed by atoms with E-state index >= 15 is 0 Å². The molecule has 1 aliphatic carbocycles. The third kappa shape index (κ3) is 3.56. The van der Waals surface area contributed by atoms with E-state index in [9.17, 15) is 0 Å². The van der Waals surface area contributed by atoms with Crippen LogP contribution in [-0.4, -0.2) is 12.7 Å². The van der Waals surface area contributed by atoms with E-state index in [1.165, 1.54) is 41.2 Å². The van der Waals surface area contributed by atoms with Gasteiger partial charge in [-0.1, -0.05) is 48.9 Å². The quantitative estimate of drug-likeness (QED) is 0.526. The van der Waals surface area contributed by atoms with Gasteiger partial charge in [0.1, 0.15) is 17.1 Å². The molecule has 2 atom stereocenters. The highest BCUT2D eigenvalue weighted by Crippen LogP contribution is 2.47. The van der Waals surface area contributed by atoms with Crippen molar-refractivity contribution in [3.8, 4) is 11.5 Å². The van der Waals surface area contributed by atoms with Crippen molar-refractivity contribution in [2.75, 3.05) is 7.11 Å². The average molecular weight is 402 g/mol. The van der Waals surface area contributed by atoms with Gasteiger partial charge in [-0.2, -0.15) is 0 Å². The Morgan fingerprint density at radius 2 is 1.80 bits per heavy atom. The maximum atomic E-state index is 6.65. The largest absolute Gasteiger partial charge is 0.497 e. The fourth-order valence-electron chi connectivity index (χ4n) is 5.45. The highest BCUT2D eigenvalue weighted by molar-refractivity contribution is 5.86. The predicted octanol–water partition coefficient (Wildman–Crippen LogP) is 6.73. The van der Waals surface area contributed by atoms with E-state index in [0.29, 0.717) is 0 Å². The maximum Gasteiger partial charge on any atom is 0.125 e. The number of fused-ring (bicyclic) bond motifs is 2. The molecular weight excluding hydrogens is 370 g/mol. The van der Waals surface area contributed by atoms with Crippen molar-refractivity contribution in [2.45, 2.75) is 63.1 Å². The first-order valence-corrected chi connectivity index (χ1v) is 11.3. The van der Waals surface area contributed by atoms with Gasteiger partial charge in [-0.3, -0.25) is 0 Å². The summed E-state index contributed by atoms with van der Waals surface area (Å²) in [6.45, 7) is 2.28. The molecule has 1 unspecified atom stereocenters. The number of hydrogen-bond donors (Lipinski definition) is 1. The topological polar surface area (TPSA) is 30.5 Å². The second kappa shape index (κ2) is 7.96. The number of benzene rings is 3. The van der Waals surface area contributed by atoms with Crippen LogP contribution in [0.25, 0.3) is 10.8 Å². The Bertz CT molecular complexity index is 1030. The number of rotatable bonds is 4. The lowest BCUT2D eigenvalue weighted by Crippen LogP contribution is -2.45. The molecule has 0 saturated heterocycles. The summed E-state index contributed by atoms with van der Waals surface area (Å²) in [6, 6.07) is 22.0. The molecule has 156 valence electrons. The van der Waals surface area contributed by atoms with Crippen molar-refractivity contribution in [3.63, 3.8) is 0 Å². The molecule has 1 spiro atoms. The van der Waals surface area contributed by atoms with Crippen LogP contribution in [0.15, 0.2) is 60.7 Å². The Labute approximate surface area is 179 Å². The molecule has 3 nitrogen and oxygen atoms in total. The summed E-state index contributed by atoms with van der Waals surface area (Å²) in [5.74, 6) is 1.91. The molecule has 1 saturated carbocycles. The fourth-order valence-corrected chi connectivity index (χ4v) is 5.45. The molecule has 0 amide bonds. The van der Waals surface area contributed by atoms with Crippen LogP contribution < -0.4 is 14.8 Å². The monoisotopic (exact) mass is 401 g/mol. The predicted molar refractivity (Wildman–Crippen MR) is 122 cm³/mol. The molecule has 3 heteroatoms. The molecule has 1 heterocycles. The summed E-state index contributed by atoms with van der Waals surface area (Å²) in [4.78, 5) is 0. The van der Waals surface area contributed by atoms with Crippen molar-refractivity contribution >= 4 is 10.8 Å². The van der Waals surface area contributed by atoms with Crippen molar-refractivity contribution < 1.29 is 9.47 Å². The van der Waals surface area contributed by atoms with E-state index in [1.54, 1.807) is 7.11 Å². The summed E-state index contributed by atoms with van der Waals surface area (Å²) < 4.78 is 12.2. The van der Waals surface area contributed by atoms with E-state index in [-0.39, 0.29) is 17.7 Å². The Kier molecular flexibility index (Phi) is 5.16. The SMILES string of the molecule is COc1ccc2c(c1)[C@@H](NC(C)c1cccc3ccccc13)CC1(CCCCC1)O2. The molecule has 1 N–H and O–H groups in total. The lowest BCUT2D eigenvalue weighted by atomic mass is 9.76. The third-order valence-corrected chi connectivity index (χ3v) is 7.00. The van der Waals surface area contributed by atoms with Gasteiger partial charge in [-0.15, -0.1) is 0 Å². The van der Waals surface area contributed by atoms with Gasteiger partial charge in [0, 0.05) is 24.1 Å². The second-order valence-corrected chi connectivity index (χ2v) is 8.96. The standard InChI is InChI=1S/C27H31NO2/c1-19(22-12-8-10-20-9-4-5-11-23(20)22)28-25-18-27(15-6-3-7-16-27)30-26-14-13-21(29-2)17-24(25)26/h4-5,8-14,17,19,25,28H,3,6-7,15-16,18H2,1-2H3/t19?,25-/m0/s1. The summed E-state index contributed by atoms with van der Waals surface area (Å²) in [5, 5.41) is 6.59. The first kappa shape index (κ1) is 19.4. The first-order valence-electron chi connectivity index (χ1n) is 11.3. The number of hydrogen-bond acceptors (Lipinski definition) is 3. The molecule has 5 rings (SSSR count). The normalized spacial score (nSPS) is 21.1. The minimum Gasteiger partial charge on any atom is -0.497 e. The molecule has 30 heavy (non-hydrogen) atoms. The van der Waals surface area contributed by atoms with Crippen LogP contribution in [0, 0.1) is 0 Å². The van der Waals surface area contributed by atoms with Crippen molar-refractivity contribution in [3.05, 3.63) is 71.8 Å². The Hall–Kier alpha value is -2.52. The van der Waals surface area contributed by atoms with Crippen LogP contribution in [0.4, 0.5) is 0 Å². The summed E-state index contributed by atoms with van der Waals surface area (Å²) in [7, 11) is 1.73. The number of methoxy groups -OCH3 is 1. The zero-order chi connectivity index (χ0) is 20.6. The van der Waals surface area contributed by atoms with Gasteiger partial charge in [-0.05, 0) is 67.1 Å². The molecule has 1 aliphatic heterocycles. The number of ether oxygens (including phenoxy) is 2. The van der Waals surface area contributed by atoms with Gasteiger partial charge in [0.2, 0.25) is 0 Å². The highest BCUT2D eigenvalue weighted by atomic mass is 16.5. The lowest BCUT2D eigenvalue weighted by Gasteiger charge is -2.45. The Morgan fingerprint density at radius 3 is 2.63 bits per heavy atom. The van der Waals surface area contributed by atoms with E-state index in [4.69, 9.17) is 9.47 Å². The zero-order valence-corrected chi connectivity index (χ0v) is 18.0. The van der Waals surface area contributed by atoms with Crippen LogP contribution in [0.3, 0.4) is 0 Å². The van der Waals surface area contributed by atoms with Crippen LogP contribution in [0.1, 0.15) is 68.7 Å². The molecule has 0 bridgehead atoms. The van der Waals surface area contributed by atoms with Crippen molar-refractivity contribution in [1.82, 2.24) is 5.32 Å². The van der Waals surface area contributed by atoms with E-state index in [0.717, 1.165) is 30.8 Å². The van der Waals surface area contributed by atoms with Gasteiger partial charge in [-0.25, -0.2) is 0 Å². The molecule has 0 aromatic heterocycles.